The number of unbranched alkanes of at least 4 members (excludes halogenated alkanes) is 2. The minimum absolute atomic E-state index is 0.0933. The number of carbonyl (C=O) groups excluding carboxylic acids is 3. The molecule has 3 saturated heterocycles. The minimum Gasteiger partial charge on any atom is -0.466 e. The Balaban J connectivity index is 1.69. The van der Waals surface area contributed by atoms with Crippen molar-refractivity contribution in [1.29, 1.82) is 0 Å². The second-order valence-corrected chi connectivity index (χ2v) is 11.6. The SMILES string of the molecule is CCOC(=O)[C@@H]1[C@H]2C(=O)N(CCCCCO)C(C(=O)Nc3ccccc3Cl)C23CC[C@@]1(C)S3. The number of thioether (sulfide) groups is 1. The average molecular weight is 495 g/mol. The van der Waals surface area contributed by atoms with Crippen molar-refractivity contribution in [2.75, 3.05) is 25.1 Å². The fourth-order valence-electron chi connectivity index (χ4n) is 5.89. The number of likely N-dealkylation sites (tertiary alicyclic amines) is 1. The van der Waals surface area contributed by atoms with Gasteiger partial charge in [0.2, 0.25) is 11.8 Å². The summed E-state index contributed by atoms with van der Waals surface area (Å²) in [6, 6.07) is 6.33. The van der Waals surface area contributed by atoms with Crippen molar-refractivity contribution in [2.24, 2.45) is 11.8 Å². The van der Waals surface area contributed by atoms with E-state index in [4.69, 9.17) is 21.4 Å². The van der Waals surface area contributed by atoms with Gasteiger partial charge in [0.1, 0.15) is 6.04 Å². The van der Waals surface area contributed by atoms with E-state index in [1.807, 2.05) is 6.92 Å². The molecule has 3 aliphatic rings. The summed E-state index contributed by atoms with van der Waals surface area (Å²) in [5.74, 6) is -1.92. The van der Waals surface area contributed by atoms with E-state index in [-0.39, 0.29) is 31.0 Å². The second kappa shape index (κ2) is 9.47. The van der Waals surface area contributed by atoms with Crippen molar-refractivity contribution in [2.45, 2.75) is 61.5 Å². The highest BCUT2D eigenvalue weighted by atomic mass is 35.5. The number of hydrogen-bond acceptors (Lipinski definition) is 6. The quantitative estimate of drug-likeness (QED) is 0.403. The van der Waals surface area contributed by atoms with Crippen LogP contribution in [-0.4, -0.2) is 63.1 Å². The lowest BCUT2D eigenvalue weighted by Gasteiger charge is -2.34. The van der Waals surface area contributed by atoms with E-state index in [0.717, 1.165) is 12.8 Å². The number of esters is 1. The fraction of sp³-hybridized carbons (Fsp3) is 0.625. The smallest absolute Gasteiger partial charge is 0.311 e. The maximum absolute atomic E-state index is 13.8. The standard InChI is InChI=1S/C24H31ClN2O5S/c1-3-32-22(31)18-17-21(30)27(13-7-4-8-14-28)19(24(17)12-11-23(18,2)33-24)20(29)26-16-10-6-5-9-15(16)25/h5-6,9-10,17-19,28H,3-4,7-8,11-14H2,1-2H3,(H,26,29)/t17-,18-,19?,23+,24?/m0/s1. The monoisotopic (exact) mass is 494 g/mol. The Kier molecular flexibility index (Phi) is 6.99. The number of rotatable bonds is 9. The van der Waals surface area contributed by atoms with Gasteiger partial charge in [-0.1, -0.05) is 23.7 Å². The van der Waals surface area contributed by atoms with Crippen LogP contribution in [0.2, 0.25) is 5.02 Å². The summed E-state index contributed by atoms with van der Waals surface area (Å²) in [4.78, 5) is 42.1. The molecule has 2 N–H and O–H groups in total. The normalized spacial score (nSPS) is 32.2. The molecule has 1 spiro atoms. The molecule has 0 saturated carbocycles. The molecule has 1 aromatic carbocycles. The number of amides is 2. The number of hydrogen-bond donors (Lipinski definition) is 2. The van der Waals surface area contributed by atoms with Crippen molar-refractivity contribution in [3.8, 4) is 0 Å². The Morgan fingerprint density at radius 2 is 2.03 bits per heavy atom. The van der Waals surface area contributed by atoms with Gasteiger partial charge in [-0.25, -0.2) is 0 Å². The van der Waals surface area contributed by atoms with Crippen molar-refractivity contribution in [3.63, 3.8) is 0 Å². The second-order valence-electron chi connectivity index (χ2n) is 9.26. The molecule has 5 atom stereocenters. The van der Waals surface area contributed by atoms with Crippen LogP contribution in [0, 0.1) is 11.8 Å². The molecule has 2 amide bonds. The number of aliphatic hydroxyl groups is 1. The summed E-state index contributed by atoms with van der Waals surface area (Å²) in [6.07, 6.45) is 3.51. The number of carbonyl (C=O) groups is 3. The first-order valence-electron chi connectivity index (χ1n) is 11.6. The lowest BCUT2D eigenvalue weighted by atomic mass is 9.66. The van der Waals surface area contributed by atoms with E-state index in [0.29, 0.717) is 36.5 Å². The summed E-state index contributed by atoms with van der Waals surface area (Å²) in [5.41, 5.74) is 0.502. The van der Waals surface area contributed by atoms with Crippen LogP contribution in [0.15, 0.2) is 24.3 Å². The highest BCUT2D eigenvalue weighted by molar-refractivity contribution is 8.02. The molecule has 7 nitrogen and oxygen atoms in total. The van der Waals surface area contributed by atoms with E-state index in [1.54, 1.807) is 47.9 Å². The number of para-hydroxylation sites is 1. The summed E-state index contributed by atoms with van der Waals surface area (Å²) < 4.78 is 4.28. The Morgan fingerprint density at radius 3 is 2.73 bits per heavy atom. The van der Waals surface area contributed by atoms with Crippen molar-refractivity contribution in [1.82, 2.24) is 4.90 Å². The van der Waals surface area contributed by atoms with Crippen LogP contribution < -0.4 is 5.32 Å². The Hall–Kier alpha value is -1.77. The minimum atomic E-state index is -0.702. The molecule has 2 unspecified atom stereocenters. The summed E-state index contributed by atoms with van der Waals surface area (Å²) in [7, 11) is 0. The van der Waals surface area contributed by atoms with Crippen LogP contribution in [0.1, 0.15) is 46.0 Å². The maximum atomic E-state index is 13.8. The largest absolute Gasteiger partial charge is 0.466 e. The third-order valence-electron chi connectivity index (χ3n) is 7.25. The Labute approximate surface area is 203 Å². The molecule has 0 aliphatic carbocycles. The zero-order valence-electron chi connectivity index (χ0n) is 19.0. The zero-order chi connectivity index (χ0) is 23.8. The van der Waals surface area contributed by atoms with E-state index in [1.165, 1.54) is 0 Å². The van der Waals surface area contributed by atoms with Gasteiger partial charge >= 0.3 is 5.97 Å². The number of benzene rings is 1. The van der Waals surface area contributed by atoms with Gasteiger partial charge in [-0.05, 0) is 58.1 Å². The number of aliphatic hydroxyl groups excluding tert-OH is 1. The van der Waals surface area contributed by atoms with Gasteiger partial charge in [0, 0.05) is 17.9 Å². The van der Waals surface area contributed by atoms with Gasteiger partial charge in [0.25, 0.3) is 0 Å². The summed E-state index contributed by atoms with van der Waals surface area (Å²) in [6.45, 7) is 4.54. The molecule has 9 heteroatoms. The lowest BCUT2D eigenvalue weighted by molar-refractivity contribution is -0.155. The van der Waals surface area contributed by atoms with Crippen LogP contribution in [-0.2, 0) is 19.1 Å². The molecule has 1 aromatic rings. The number of fused-ring (bicyclic) bond motifs is 1. The van der Waals surface area contributed by atoms with Gasteiger partial charge < -0.3 is 20.1 Å². The molecule has 3 aliphatic heterocycles. The molecule has 4 rings (SSSR count). The lowest BCUT2D eigenvalue weighted by Crippen LogP contribution is -2.51. The van der Waals surface area contributed by atoms with Crippen LogP contribution >= 0.6 is 23.4 Å². The molecule has 180 valence electrons. The van der Waals surface area contributed by atoms with Gasteiger partial charge in [0.05, 0.1) is 33.9 Å². The van der Waals surface area contributed by atoms with Gasteiger partial charge in [-0.2, -0.15) is 0 Å². The van der Waals surface area contributed by atoms with Gasteiger partial charge in [-0.3, -0.25) is 14.4 Å². The topological polar surface area (TPSA) is 95.9 Å². The Bertz CT molecular complexity index is 945. The fourth-order valence-corrected chi connectivity index (χ4v) is 8.42. The molecule has 3 fully saturated rings. The first-order valence-corrected chi connectivity index (χ1v) is 12.8. The van der Waals surface area contributed by atoms with Crippen LogP contribution in [0.25, 0.3) is 0 Å². The zero-order valence-corrected chi connectivity index (χ0v) is 20.6. The van der Waals surface area contributed by atoms with E-state index in [2.05, 4.69) is 5.32 Å². The molecule has 2 bridgehead atoms. The first-order chi connectivity index (χ1) is 15.8. The predicted molar refractivity (Wildman–Crippen MR) is 128 cm³/mol. The Morgan fingerprint density at radius 1 is 1.27 bits per heavy atom. The number of halogens is 1. The number of nitrogens with zero attached hydrogens (tertiary/aromatic N) is 1. The van der Waals surface area contributed by atoms with Crippen molar-refractivity contribution >= 4 is 46.8 Å². The van der Waals surface area contributed by atoms with Crippen molar-refractivity contribution < 1.29 is 24.2 Å². The highest BCUT2D eigenvalue weighted by Gasteiger charge is 2.77. The molecule has 0 aromatic heterocycles. The van der Waals surface area contributed by atoms with Crippen LogP contribution in [0.5, 0.6) is 0 Å². The maximum Gasteiger partial charge on any atom is 0.311 e. The summed E-state index contributed by atoms with van der Waals surface area (Å²) >= 11 is 7.90. The molecule has 0 radical (unpaired) electrons. The van der Waals surface area contributed by atoms with Crippen LogP contribution in [0.4, 0.5) is 5.69 Å². The third-order valence-corrected chi connectivity index (χ3v) is 9.57. The predicted octanol–water partition coefficient (Wildman–Crippen LogP) is 3.49. The molecule has 33 heavy (non-hydrogen) atoms. The molecular weight excluding hydrogens is 464 g/mol. The van der Waals surface area contributed by atoms with E-state index in [9.17, 15) is 14.4 Å². The average Bonchev–Trinajstić information content (AvgIpc) is 3.34. The molecular formula is C24H31ClN2O5S. The first kappa shape index (κ1) is 24.4. The number of ether oxygens (including phenoxy) is 1. The van der Waals surface area contributed by atoms with E-state index < -0.39 is 27.4 Å². The van der Waals surface area contributed by atoms with Crippen LogP contribution in [0.3, 0.4) is 0 Å². The third kappa shape index (κ3) is 4.04. The van der Waals surface area contributed by atoms with Gasteiger partial charge in [0.15, 0.2) is 0 Å². The summed E-state index contributed by atoms with van der Waals surface area (Å²) in [5, 5.41) is 12.5. The number of anilines is 1. The highest BCUT2D eigenvalue weighted by Crippen LogP contribution is 2.71. The van der Waals surface area contributed by atoms with Gasteiger partial charge in [-0.15, -0.1) is 11.8 Å². The van der Waals surface area contributed by atoms with Crippen molar-refractivity contribution in [3.05, 3.63) is 29.3 Å². The number of nitrogens with one attached hydrogen (secondary N) is 1. The van der Waals surface area contributed by atoms with E-state index >= 15 is 0 Å². The molecule has 3 heterocycles.